The molecule has 16 heavy (non-hydrogen) atoms. The van der Waals surface area contributed by atoms with Crippen LogP contribution in [0.3, 0.4) is 0 Å². The summed E-state index contributed by atoms with van der Waals surface area (Å²) in [5, 5.41) is 1.97. The molecule has 0 bridgehead atoms. The molecule has 4 nitrogen and oxygen atoms in total. The van der Waals surface area contributed by atoms with Gasteiger partial charge in [0.2, 0.25) is 0 Å². The molecule has 0 aromatic carbocycles. The lowest BCUT2D eigenvalue weighted by molar-refractivity contribution is -0.136. The highest BCUT2D eigenvalue weighted by Crippen LogP contribution is 2.34. The summed E-state index contributed by atoms with van der Waals surface area (Å²) in [5.74, 6) is 0.922. The maximum absolute atomic E-state index is 11.2. The molecule has 1 N–H and O–H groups in total. The molecule has 1 aromatic rings. The quantitative estimate of drug-likeness (QED) is 0.803. The van der Waals surface area contributed by atoms with Gasteiger partial charge in [-0.3, -0.25) is 4.79 Å². The Balaban J connectivity index is 1.88. The number of fused-ring (bicyclic) bond motifs is 1. The van der Waals surface area contributed by atoms with E-state index in [2.05, 4.69) is 16.0 Å². The zero-order valence-electron chi connectivity index (χ0n) is 8.40. The van der Waals surface area contributed by atoms with E-state index in [1.807, 2.05) is 17.5 Å². The molecule has 1 radical (unpaired) electrons. The van der Waals surface area contributed by atoms with Gasteiger partial charge in [0.25, 0.3) is 5.91 Å². The van der Waals surface area contributed by atoms with E-state index < -0.39 is 0 Å². The predicted molar refractivity (Wildman–Crippen MR) is 59.0 cm³/mol. The van der Waals surface area contributed by atoms with E-state index in [0.29, 0.717) is 6.42 Å². The molecule has 1 atom stereocenters. The van der Waals surface area contributed by atoms with Crippen LogP contribution in [0.2, 0.25) is 0 Å². The SMILES string of the molecule is O=C1CC2CC(c3cs[c]n3)=CC=C2ON1. The molecule has 1 saturated heterocycles. The average molecular weight is 233 g/mol. The maximum Gasteiger partial charge on any atom is 0.253 e. The minimum Gasteiger partial charge on any atom is -0.384 e. The van der Waals surface area contributed by atoms with E-state index in [-0.39, 0.29) is 11.8 Å². The Hall–Kier alpha value is -1.62. The molecule has 5 heteroatoms. The van der Waals surface area contributed by atoms with Gasteiger partial charge in [-0.15, -0.1) is 11.3 Å². The summed E-state index contributed by atoms with van der Waals surface area (Å²) < 4.78 is 0. The Labute approximate surface area is 96.6 Å². The van der Waals surface area contributed by atoms with E-state index in [4.69, 9.17) is 4.84 Å². The highest BCUT2D eigenvalue weighted by Gasteiger charge is 2.29. The van der Waals surface area contributed by atoms with E-state index >= 15 is 0 Å². The van der Waals surface area contributed by atoms with Gasteiger partial charge < -0.3 is 4.84 Å². The minimum absolute atomic E-state index is 0.0618. The van der Waals surface area contributed by atoms with Crippen LogP contribution in [0.5, 0.6) is 0 Å². The number of hydrogen-bond donors (Lipinski definition) is 1. The maximum atomic E-state index is 11.2. The van der Waals surface area contributed by atoms with Crippen molar-refractivity contribution in [1.82, 2.24) is 10.5 Å². The fraction of sp³-hybridized carbons (Fsp3) is 0.273. The summed E-state index contributed by atoms with van der Waals surface area (Å²) in [6.45, 7) is 0. The number of rotatable bonds is 1. The third kappa shape index (κ3) is 1.63. The van der Waals surface area contributed by atoms with Crippen LogP contribution in [0.25, 0.3) is 5.57 Å². The lowest BCUT2D eigenvalue weighted by atomic mass is 9.88. The summed E-state index contributed by atoms with van der Waals surface area (Å²) >= 11 is 1.45. The van der Waals surface area contributed by atoms with E-state index in [1.165, 1.54) is 11.3 Å². The molecule has 1 aliphatic heterocycles. The monoisotopic (exact) mass is 233 g/mol. The Morgan fingerprint density at radius 3 is 3.25 bits per heavy atom. The first-order valence-corrected chi connectivity index (χ1v) is 5.89. The third-order valence-corrected chi connectivity index (χ3v) is 3.29. The van der Waals surface area contributed by atoms with E-state index in [9.17, 15) is 4.79 Å². The topological polar surface area (TPSA) is 51.2 Å². The van der Waals surface area contributed by atoms with E-state index in [1.54, 1.807) is 0 Å². The molecule has 1 fully saturated rings. The van der Waals surface area contributed by atoms with Crippen molar-refractivity contribution in [2.75, 3.05) is 0 Å². The number of nitrogens with zero attached hydrogens (tertiary/aromatic N) is 1. The second kappa shape index (κ2) is 3.75. The van der Waals surface area contributed by atoms with Gasteiger partial charge in [-0.1, -0.05) is 6.08 Å². The standard InChI is InChI=1S/C11H9N2O2S/c14-11-4-8-3-7(9-5-16-6-12-9)1-2-10(8)15-13-11/h1-2,5,8H,3-4H2,(H,13,14). The lowest BCUT2D eigenvalue weighted by Gasteiger charge is -2.27. The number of nitrogens with one attached hydrogen (secondary N) is 1. The molecule has 1 unspecified atom stereocenters. The Kier molecular flexibility index (Phi) is 2.25. The number of aromatic nitrogens is 1. The molecule has 81 valence electrons. The highest BCUT2D eigenvalue weighted by atomic mass is 32.1. The van der Waals surface area contributed by atoms with Crippen LogP contribution >= 0.6 is 11.3 Å². The predicted octanol–water partition coefficient (Wildman–Crippen LogP) is 1.68. The van der Waals surface area contributed by atoms with Crippen LogP contribution in [-0.2, 0) is 9.63 Å². The molecule has 1 aliphatic carbocycles. The summed E-state index contributed by atoms with van der Waals surface area (Å²) in [7, 11) is 0. The van der Waals surface area contributed by atoms with Crippen molar-refractivity contribution in [3.05, 3.63) is 34.5 Å². The van der Waals surface area contributed by atoms with Gasteiger partial charge in [0.05, 0.1) is 5.69 Å². The number of amides is 1. The number of hydroxylamine groups is 1. The van der Waals surface area contributed by atoms with Crippen molar-refractivity contribution < 1.29 is 9.63 Å². The molecular formula is C11H9N2O2S. The number of carbonyl (C=O) groups excluding carboxylic acids is 1. The Bertz CT molecular complexity index is 476. The first-order chi connectivity index (χ1) is 7.83. The number of allylic oxidation sites excluding steroid dienone is 4. The first kappa shape index (κ1) is 9.59. The fourth-order valence-electron chi connectivity index (χ4n) is 1.95. The van der Waals surface area contributed by atoms with Crippen molar-refractivity contribution in [1.29, 1.82) is 0 Å². The molecule has 2 aliphatic rings. The first-order valence-electron chi connectivity index (χ1n) is 5.01. The highest BCUT2D eigenvalue weighted by molar-refractivity contribution is 7.07. The van der Waals surface area contributed by atoms with Crippen molar-refractivity contribution in [2.45, 2.75) is 12.8 Å². The molecule has 2 heterocycles. The molecule has 1 aromatic heterocycles. The second-order valence-corrected chi connectivity index (χ2v) is 4.47. The largest absolute Gasteiger partial charge is 0.384 e. The molecule has 1 amide bonds. The zero-order valence-corrected chi connectivity index (χ0v) is 9.21. The van der Waals surface area contributed by atoms with Crippen LogP contribution in [0.15, 0.2) is 23.3 Å². The van der Waals surface area contributed by atoms with Crippen molar-refractivity contribution >= 4 is 22.8 Å². The van der Waals surface area contributed by atoms with Crippen LogP contribution < -0.4 is 5.48 Å². The van der Waals surface area contributed by atoms with Gasteiger partial charge in [-0.25, -0.2) is 4.98 Å². The third-order valence-electron chi connectivity index (χ3n) is 2.75. The van der Waals surface area contributed by atoms with Gasteiger partial charge in [-0.05, 0) is 18.1 Å². The van der Waals surface area contributed by atoms with Gasteiger partial charge in [0.15, 0.2) is 5.51 Å². The number of thiazole rings is 1. The summed E-state index contributed by atoms with van der Waals surface area (Å²) in [4.78, 5) is 20.5. The number of hydrogen-bond acceptors (Lipinski definition) is 4. The fourth-order valence-corrected chi connectivity index (χ4v) is 2.47. The zero-order chi connectivity index (χ0) is 11.0. The normalized spacial score (nSPS) is 23.8. The van der Waals surface area contributed by atoms with Crippen molar-refractivity contribution in [3.8, 4) is 0 Å². The second-order valence-electron chi connectivity index (χ2n) is 3.82. The molecule has 0 spiro atoms. The lowest BCUT2D eigenvalue weighted by Crippen LogP contribution is -2.34. The number of carbonyl (C=O) groups is 1. The smallest absolute Gasteiger partial charge is 0.253 e. The van der Waals surface area contributed by atoms with Crippen LogP contribution in [-0.4, -0.2) is 10.9 Å². The molecular weight excluding hydrogens is 224 g/mol. The summed E-state index contributed by atoms with van der Waals surface area (Å²) in [6, 6.07) is 0. The van der Waals surface area contributed by atoms with Crippen LogP contribution in [0.1, 0.15) is 18.5 Å². The van der Waals surface area contributed by atoms with Gasteiger partial charge >= 0.3 is 0 Å². The van der Waals surface area contributed by atoms with Gasteiger partial charge in [-0.2, -0.15) is 5.48 Å². The Morgan fingerprint density at radius 1 is 1.50 bits per heavy atom. The van der Waals surface area contributed by atoms with Gasteiger partial charge in [0, 0.05) is 17.7 Å². The minimum atomic E-state index is -0.0618. The summed E-state index contributed by atoms with van der Waals surface area (Å²) in [6.07, 6.45) is 5.18. The van der Waals surface area contributed by atoms with Crippen molar-refractivity contribution in [3.63, 3.8) is 0 Å². The summed E-state index contributed by atoms with van der Waals surface area (Å²) in [5.41, 5.74) is 7.30. The average Bonchev–Trinajstić information content (AvgIpc) is 2.81. The van der Waals surface area contributed by atoms with Crippen LogP contribution in [0, 0.1) is 11.4 Å². The van der Waals surface area contributed by atoms with E-state index in [0.717, 1.165) is 23.4 Å². The molecule has 3 rings (SSSR count). The molecule has 0 saturated carbocycles. The van der Waals surface area contributed by atoms with Crippen molar-refractivity contribution in [2.24, 2.45) is 5.92 Å². The Morgan fingerprint density at radius 2 is 2.44 bits per heavy atom. The van der Waals surface area contributed by atoms with Crippen LogP contribution in [0.4, 0.5) is 0 Å². The van der Waals surface area contributed by atoms with Gasteiger partial charge in [0.1, 0.15) is 5.76 Å².